The van der Waals surface area contributed by atoms with Crippen LogP contribution in [0.2, 0.25) is 0 Å². The van der Waals surface area contributed by atoms with Crippen molar-refractivity contribution in [2.75, 3.05) is 23.3 Å². The molecule has 0 fully saturated rings. The molecule has 6 heteroatoms. The maximum absolute atomic E-state index is 12.6. The molecule has 0 saturated carbocycles. The molecule has 0 saturated heterocycles. The molecule has 0 aliphatic carbocycles. The van der Waals surface area contributed by atoms with E-state index in [0.29, 0.717) is 5.56 Å². The summed E-state index contributed by atoms with van der Waals surface area (Å²) in [4.78, 5) is 31.0. The molecule has 2 N–H and O–H groups in total. The molecule has 2 amide bonds. The highest BCUT2D eigenvalue weighted by Crippen LogP contribution is 2.23. The van der Waals surface area contributed by atoms with E-state index >= 15 is 0 Å². The van der Waals surface area contributed by atoms with E-state index in [4.69, 9.17) is 0 Å². The molecule has 0 unspecified atom stereocenters. The number of carbonyl (C=O) groups is 2. The van der Waals surface area contributed by atoms with Gasteiger partial charge < -0.3 is 15.5 Å². The van der Waals surface area contributed by atoms with Gasteiger partial charge in [0.2, 0.25) is 0 Å². The van der Waals surface area contributed by atoms with Crippen molar-refractivity contribution in [1.82, 2.24) is 10.3 Å². The Balaban J connectivity index is 2.17. The number of amides is 2. The van der Waals surface area contributed by atoms with Crippen molar-refractivity contribution in [3.05, 3.63) is 53.3 Å². The van der Waals surface area contributed by atoms with Crippen LogP contribution in [0, 0.1) is 6.92 Å². The maximum Gasteiger partial charge on any atom is 0.270 e. The lowest BCUT2D eigenvalue weighted by atomic mass is 10.1. The molecule has 27 heavy (non-hydrogen) atoms. The third-order valence-electron chi connectivity index (χ3n) is 4.26. The van der Waals surface area contributed by atoms with Gasteiger partial charge >= 0.3 is 0 Å². The van der Waals surface area contributed by atoms with Crippen LogP contribution in [0.15, 0.2) is 36.5 Å². The second kappa shape index (κ2) is 9.16. The molecular weight excluding hydrogens is 340 g/mol. The molecule has 0 aliphatic heterocycles. The minimum atomic E-state index is -0.292. The standard InChI is InChI=1S/C21H28N4O2/c1-6-25(7-2)17-8-9-18(15(5)12-17)24-20(26)16-10-11-22-19(13-16)21(27)23-14(3)4/h8-14H,6-7H2,1-5H3,(H,23,27)(H,24,26). The quantitative estimate of drug-likeness (QED) is 0.783. The van der Waals surface area contributed by atoms with Crippen LogP contribution in [0.3, 0.4) is 0 Å². The van der Waals surface area contributed by atoms with Gasteiger partial charge in [-0.1, -0.05) is 0 Å². The molecule has 144 valence electrons. The van der Waals surface area contributed by atoms with Gasteiger partial charge in [-0.2, -0.15) is 0 Å². The van der Waals surface area contributed by atoms with Crippen molar-refractivity contribution < 1.29 is 9.59 Å². The number of nitrogens with zero attached hydrogens (tertiary/aromatic N) is 2. The number of anilines is 2. The van der Waals surface area contributed by atoms with Gasteiger partial charge in [0.1, 0.15) is 5.69 Å². The Bertz CT molecular complexity index is 814. The number of hydrogen-bond donors (Lipinski definition) is 2. The molecule has 0 radical (unpaired) electrons. The number of nitrogens with one attached hydrogen (secondary N) is 2. The van der Waals surface area contributed by atoms with Crippen LogP contribution in [0.4, 0.5) is 11.4 Å². The topological polar surface area (TPSA) is 74.3 Å². The van der Waals surface area contributed by atoms with Crippen molar-refractivity contribution in [2.45, 2.75) is 40.7 Å². The summed E-state index contributed by atoms with van der Waals surface area (Å²) in [5.74, 6) is -0.561. The fraction of sp³-hybridized carbons (Fsp3) is 0.381. The van der Waals surface area contributed by atoms with Crippen molar-refractivity contribution >= 4 is 23.2 Å². The zero-order valence-corrected chi connectivity index (χ0v) is 16.7. The van der Waals surface area contributed by atoms with Gasteiger partial charge in [-0.15, -0.1) is 0 Å². The van der Waals surface area contributed by atoms with E-state index in [0.717, 1.165) is 30.0 Å². The predicted molar refractivity (Wildman–Crippen MR) is 110 cm³/mol. The summed E-state index contributed by atoms with van der Waals surface area (Å²) in [6, 6.07) is 9.09. The molecule has 6 nitrogen and oxygen atoms in total. The van der Waals surface area contributed by atoms with Gasteiger partial charge in [0, 0.05) is 42.3 Å². The smallest absolute Gasteiger partial charge is 0.270 e. The summed E-state index contributed by atoms with van der Waals surface area (Å²) >= 11 is 0. The zero-order valence-electron chi connectivity index (χ0n) is 16.7. The lowest BCUT2D eigenvalue weighted by Crippen LogP contribution is -2.31. The van der Waals surface area contributed by atoms with Crippen LogP contribution in [-0.4, -0.2) is 35.9 Å². The average Bonchev–Trinajstić information content (AvgIpc) is 2.64. The number of aryl methyl sites for hydroxylation is 1. The van der Waals surface area contributed by atoms with Crippen LogP contribution in [0.1, 0.15) is 54.1 Å². The van der Waals surface area contributed by atoms with E-state index in [1.165, 1.54) is 12.3 Å². The second-order valence-electron chi connectivity index (χ2n) is 6.68. The van der Waals surface area contributed by atoms with Crippen molar-refractivity contribution in [2.24, 2.45) is 0 Å². The Morgan fingerprint density at radius 1 is 1.07 bits per heavy atom. The van der Waals surface area contributed by atoms with Crippen LogP contribution >= 0.6 is 0 Å². The zero-order chi connectivity index (χ0) is 20.0. The molecule has 0 bridgehead atoms. The summed E-state index contributed by atoms with van der Waals surface area (Å²) < 4.78 is 0. The van der Waals surface area contributed by atoms with Crippen LogP contribution < -0.4 is 15.5 Å². The maximum atomic E-state index is 12.6. The Morgan fingerprint density at radius 2 is 1.78 bits per heavy atom. The lowest BCUT2D eigenvalue weighted by molar-refractivity contribution is 0.0938. The predicted octanol–water partition coefficient (Wildman–Crippen LogP) is 3.63. The Morgan fingerprint density at radius 3 is 2.37 bits per heavy atom. The monoisotopic (exact) mass is 368 g/mol. The molecule has 0 atom stereocenters. The highest BCUT2D eigenvalue weighted by Gasteiger charge is 2.14. The number of aromatic nitrogens is 1. The number of hydrogen-bond acceptors (Lipinski definition) is 4. The number of carbonyl (C=O) groups excluding carboxylic acids is 2. The van der Waals surface area contributed by atoms with Crippen molar-refractivity contribution in [3.63, 3.8) is 0 Å². The van der Waals surface area contributed by atoms with E-state index in [1.807, 2.05) is 32.9 Å². The van der Waals surface area contributed by atoms with Gasteiger partial charge in [0.15, 0.2) is 0 Å². The Kier molecular flexibility index (Phi) is 6.93. The van der Waals surface area contributed by atoms with Crippen LogP contribution in [-0.2, 0) is 0 Å². The lowest BCUT2D eigenvalue weighted by Gasteiger charge is -2.22. The summed E-state index contributed by atoms with van der Waals surface area (Å²) in [7, 11) is 0. The molecule has 2 rings (SSSR count). The molecule has 0 aliphatic rings. The summed E-state index contributed by atoms with van der Waals surface area (Å²) in [5.41, 5.74) is 3.49. The highest BCUT2D eigenvalue weighted by atomic mass is 16.2. The third-order valence-corrected chi connectivity index (χ3v) is 4.26. The average molecular weight is 368 g/mol. The molecule has 0 spiro atoms. The SMILES string of the molecule is CCN(CC)c1ccc(NC(=O)c2ccnc(C(=O)NC(C)C)c2)c(C)c1. The number of benzene rings is 1. The minimum absolute atomic E-state index is 0.00348. The normalized spacial score (nSPS) is 10.6. The first-order valence-electron chi connectivity index (χ1n) is 9.29. The fourth-order valence-electron chi connectivity index (χ4n) is 2.80. The molecule has 1 heterocycles. The van der Waals surface area contributed by atoms with Gasteiger partial charge in [0.05, 0.1) is 0 Å². The Labute approximate surface area is 161 Å². The molecule has 1 aromatic heterocycles. The van der Waals surface area contributed by atoms with Crippen molar-refractivity contribution in [3.8, 4) is 0 Å². The van der Waals surface area contributed by atoms with E-state index in [-0.39, 0.29) is 23.6 Å². The van der Waals surface area contributed by atoms with E-state index in [9.17, 15) is 9.59 Å². The summed E-state index contributed by atoms with van der Waals surface area (Å²) in [6.07, 6.45) is 1.47. The van der Waals surface area contributed by atoms with Crippen molar-refractivity contribution in [1.29, 1.82) is 0 Å². The molecule has 2 aromatic rings. The number of pyridine rings is 1. The fourth-order valence-corrected chi connectivity index (χ4v) is 2.80. The van der Waals surface area contributed by atoms with Crippen LogP contribution in [0.5, 0.6) is 0 Å². The number of rotatable bonds is 7. The van der Waals surface area contributed by atoms with E-state index in [2.05, 4.69) is 40.4 Å². The van der Waals surface area contributed by atoms with Gasteiger partial charge in [-0.05, 0) is 70.5 Å². The molecular formula is C21H28N4O2. The van der Waals surface area contributed by atoms with Gasteiger partial charge in [-0.25, -0.2) is 0 Å². The highest BCUT2D eigenvalue weighted by molar-refractivity contribution is 6.06. The second-order valence-corrected chi connectivity index (χ2v) is 6.68. The van der Waals surface area contributed by atoms with Gasteiger partial charge in [-0.3, -0.25) is 14.6 Å². The third kappa shape index (κ3) is 5.29. The summed E-state index contributed by atoms with van der Waals surface area (Å²) in [6.45, 7) is 11.8. The minimum Gasteiger partial charge on any atom is -0.372 e. The Hall–Kier alpha value is -2.89. The van der Waals surface area contributed by atoms with Crippen LogP contribution in [0.25, 0.3) is 0 Å². The molecule has 1 aromatic carbocycles. The van der Waals surface area contributed by atoms with Gasteiger partial charge in [0.25, 0.3) is 11.8 Å². The first-order valence-corrected chi connectivity index (χ1v) is 9.29. The first-order chi connectivity index (χ1) is 12.8. The largest absolute Gasteiger partial charge is 0.372 e. The first kappa shape index (κ1) is 20.4. The van der Waals surface area contributed by atoms with E-state index in [1.54, 1.807) is 6.07 Å². The van der Waals surface area contributed by atoms with E-state index < -0.39 is 0 Å². The summed E-state index contributed by atoms with van der Waals surface area (Å²) in [5, 5.41) is 5.69.